The van der Waals surface area contributed by atoms with Crippen molar-refractivity contribution in [3.05, 3.63) is 71.3 Å². The molecule has 0 amide bonds. The van der Waals surface area contributed by atoms with Gasteiger partial charge in [0.15, 0.2) is 0 Å². The molecular weight excluding hydrogens is 220 g/mol. The number of rotatable bonds is 4. The Morgan fingerprint density at radius 2 is 1.94 bits per heavy atom. The molecule has 88 valence electrons. The molecule has 0 aromatic heterocycles. The minimum Gasteiger partial charge on any atom is -0.193 e. The van der Waals surface area contributed by atoms with Gasteiger partial charge < -0.3 is 0 Å². The monoisotopic (exact) mass is 234 g/mol. The maximum atomic E-state index is 8.73. The second-order valence-electron chi connectivity index (χ2n) is 3.72. The minimum absolute atomic E-state index is 0.666. The van der Waals surface area contributed by atoms with Crippen LogP contribution in [0.1, 0.15) is 18.1 Å². The fraction of sp³-hybridized carbons (Fsp3) is 0.125. The Bertz CT molecular complexity index is 546. The van der Waals surface area contributed by atoms with Crippen LogP contribution in [0.3, 0.4) is 0 Å². The highest BCUT2D eigenvalue weighted by Crippen LogP contribution is 2.11. The van der Waals surface area contributed by atoms with Crippen molar-refractivity contribution in [2.24, 2.45) is 0 Å². The van der Waals surface area contributed by atoms with Gasteiger partial charge in [-0.3, -0.25) is 0 Å². The number of allylic oxidation sites excluding steroid dienone is 6. The van der Waals surface area contributed by atoms with Gasteiger partial charge in [0, 0.05) is 6.08 Å². The third-order valence-electron chi connectivity index (χ3n) is 2.35. The third kappa shape index (κ3) is 4.51. The largest absolute Gasteiger partial charge is 0.193 e. The lowest BCUT2D eigenvalue weighted by atomic mass is 10.0. The summed E-state index contributed by atoms with van der Waals surface area (Å²) in [7, 11) is 0. The van der Waals surface area contributed by atoms with Crippen LogP contribution >= 0.6 is 0 Å². The van der Waals surface area contributed by atoms with Crippen molar-refractivity contribution in [2.45, 2.75) is 13.3 Å². The summed E-state index contributed by atoms with van der Waals surface area (Å²) in [6, 6.07) is 11.6. The summed E-state index contributed by atoms with van der Waals surface area (Å²) in [5.74, 6) is 0. The van der Waals surface area contributed by atoms with E-state index in [9.17, 15) is 0 Å². The van der Waals surface area contributed by atoms with Gasteiger partial charge in [-0.15, -0.1) is 0 Å². The minimum atomic E-state index is 0.666. The Morgan fingerprint density at radius 3 is 2.50 bits per heavy atom. The molecule has 1 aromatic rings. The molecule has 0 fully saturated rings. The lowest BCUT2D eigenvalue weighted by molar-refractivity contribution is 1.19. The summed E-state index contributed by atoms with van der Waals surface area (Å²) >= 11 is 0. The molecule has 2 nitrogen and oxygen atoms in total. The molecule has 0 saturated carbocycles. The van der Waals surface area contributed by atoms with Crippen LogP contribution < -0.4 is 0 Å². The molecule has 0 saturated heterocycles. The smallest absolute Gasteiger partial charge is 0.0991 e. The summed E-state index contributed by atoms with van der Waals surface area (Å²) in [6.45, 7) is 1.96. The summed E-state index contributed by atoms with van der Waals surface area (Å²) in [5, 5.41) is 17.2. The van der Waals surface area contributed by atoms with Crippen LogP contribution in [0.15, 0.2) is 60.2 Å². The van der Waals surface area contributed by atoms with Crippen LogP contribution in [0.25, 0.3) is 0 Å². The molecule has 0 atom stereocenters. The third-order valence-corrected chi connectivity index (χ3v) is 2.35. The van der Waals surface area contributed by atoms with Crippen molar-refractivity contribution >= 4 is 0 Å². The van der Waals surface area contributed by atoms with Crippen LogP contribution in [0, 0.1) is 22.7 Å². The number of hydrogen-bond donors (Lipinski definition) is 0. The predicted molar refractivity (Wildman–Crippen MR) is 72.5 cm³/mol. The number of benzene rings is 1. The van der Waals surface area contributed by atoms with E-state index >= 15 is 0 Å². The zero-order chi connectivity index (χ0) is 13.2. The molecule has 0 aliphatic heterocycles. The van der Waals surface area contributed by atoms with Gasteiger partial charge in [0.1, 0.15) is 0 Å². The average molecular weight is 234 g/mol. The lowest BCUT2D eigenvalue weighted by Gasteiger charge is -2.02. The van der Waals surface area contributed by atoms with E-state index in [0.717, 1.165) is 17.6 Å². The van der Waals surface area contributed by atoms with Crippen LogP contribution in [0.4, 0.5) is 0 Å². The molecule has 0 unspecified atom stereocenters. The van der Waals surface area contributed by atoms with E-state index < -0.39 is 0 Å². The molecule has 0 bridgehead atoms. The zero-order valence-corrected chi connectivity index (χ0v) is 10.3. The summed E-state index contributed by atoms with van der Waals surface area (Å²) in [4.78, 5) is 0. The molecule has 18 heavy (non-hydrogen) atoms. The predicted octanol–water partition coefficient (Wildman–Crippen LogP) is 3.68. The maximum absolute atomic E-state index is 8.73. The SMILES string of the molecule is C\C=C/C(=C\C=C\C#N)Cc1ccc(C#N)cc1. The summed E-state index contributed by atoms with van der Waals surface area (Å²) < 4.78 is 0. The molecule has 0 spiro atoms. The zero-order valence-electron chi connectivity index (χ0n) is 10.3. The van der Waals surface area contributed by atoms with Crippen LogP contribution in [-0.4, -0.2) is 0 Å². The van der Waals surface area contributed by atoms with E-state index in [1.54, 1.807) is 6.08 Å². The Morgan fingerprint density at radius 1 is 1.22 bits per heavy atom. The van der Waals surface area contributed by atoms with E-state index in [-0.39, 0.29) is 0 Å². The van der Waals surface area contributed by atoms with Crippen molar-refractivity contribution in [3.63, 3.8) is 0 Å². The molecule has 0 radical (unpaired) electrons. The van der Waals surface area contributed by atoms with Gasteiger partial charge in [0.05, 0.1) is 17.7 Å². The van der Waals surface area contributed by atoms with Gasteiger partial charge >= 0.3 is 0 Å². The van der Waals surface area contributed by atoms with Crippen molar-refractivity contribution in [2.75, 3.05) is 0 Å². The molecule has 1 rings (SSSR count). The topological polar surface area (TPSA) is 47.6 Å². The first kappa shape index (κ1) is 13.5. The number of nitriles is 2. The van der Waals surface area contributed by atoms with E-state index in [0.29, 0.717) is 5.56 Å². The Kier molecular flexibility index (Phi) is 5.73. The fourth-order valence-corrected chi connectivity index (χ4v) is 1.54. The quantitative estimate of drug-likeness (QED) is 0.589. The first-order valence-corrected chi connectivity index (χ1v) is 5.67. The number of nitrogens with zero attached hydrogens (tertiary/aromatic N) is 2. The summed E-state index contributed by atoms with van der Waals surface area (Å²) in [6.07, 6.45) is 9.87. The van der Waals surface area contributed by atoms with Gasteiger partial charge in [0.2, 0.25) is 0 Å². The van der Waals surface area contributed by atoms with E-state index in [2.05, 4.69) is 6.07 Å². The van der Waals surface area contributed by atoms with Crippen molar-refractivity contribution in [1.82, 2.24) is 0 Å². The van der Waals surface area contributed by atoms with E-state index in [1.807, 2.05) is 55.5 Å². The first-order chi connectivity index (χ1) is 8.80. The highest BCUT2D eigenvalue weighted by Gasteiger charge is 1.96. The maximum Gasteiger partial charge on any atom is 0.0991 e. The standard InChI is InChI=1S/C16H14N2/c1-2-5-14(6-3-4-11-17)12-15-7-9-16(13-18)10-8-15/h2-10H,12H2,1H3/b4-3+,5-2-,14-6+. The lowest BCUT2D eigenvalue weighted by Crippen LogP contribution is -1.88. The number of hydrogen-bond acceptors (Lipinski definition) is 2. The highest BCUT2D eigenvalue weighted by atomic mass is 14.2. The average Bonchev–Trinajstić information content (AvgIpc) is 2.40. The molecule has 0 heterocycles. The van der Waals surface area contributed by atoms with Crippen molar-refractivity contribution in [3.8, 4) is 12.1 Å². The fourth-order valence-electron chi connectivity index (χ4n) is 1.54. The van der Waals surface area contributed by atoms with Crippen molar-refractivity contribution in [1.29, 1.82) is 10.5 Å². The second-order valence-corrected chi connectivity index (χ2v) is 3.72. The van der Waals surface area contributed by atoms with Gasteiger partial charge in [0.25, 0.3) is 0 Å². The van der Waals surface area contributed by atoms with Gasteiger partial charge in [-0.25, -0.2) is 0 Å². The molecular formula is C16H14N2. The first-order valence-electron chi connectivity index (χ1n) is 5.67. The highest BCUT2D eigenvalue weighted by molar-refractivity contribution is 5.36. The molecule has 0 aliphatic carbocycles. The summed E-state index contributed by atoms with van der Waals surface area (Å²) in [5.41, 5.74) is 2.93. The van der Waals surface area contributed by atoms with E-state index in [4.69, 9.17) is 10.5 Å². The van der Waals surface area contributed by atoms with Crippen molar-refractivity contribution < 1.29 is 0 Å². The molecule has 0 N–H and O–H groups in total. The Labute approximate surface area is 108 Å². The van der Waals surface area contributed by atoms with Gasteiger partial charge in [-0.1, -0.05) is 36.4 Å². The molecule has 2 heteroatoms. The molecule has 1 aromatic carbocycles. The van der Waals surface area contributed by atoms with Gasteiger partial charge in [-0.2, -0.15) is 10.5 Å². The Balaban J connectivity index is 2.84. The van der Waals surface area contributed by atoms with Crippen LogP contribution in [0.2, 0.25) is 0 Å². The van der Waals surface area contributed by atoms with Crippen LogP contribution in [0.5, 0.6) is 0 Å². The van der Waals surface area contributed by atoms with E-state index in [1.165, 1.54) is 6.08 Å². The Hall–Kier alpha value is -2.58. The van der Waals surface area contributed by atoms with Gasteiger partial charge in [-0.05, 0) is 36.6 Å². The molecule has 0 aliphatic rings. The normalized spacial score (nSPS) is 11.6. The van der Waals surface area contributed by atoms with Crippen LogP contribution in [-0.2, 0) is 6.42 Å². The second kappa shape index (κ2) is 7.65.